The molecule has 1 aliphatic heterocycles. The number of aliphatic hydroxyl groups is 1. The zero-order valence-electron chi connectivity index (χ0n) is 8.16. The highest BCUT2D eigenvalue weighted by molar-refractivity contribution is 5.68. The van der Waals surface area contributed by atoms with Gasteiger partial charge in [0.25, 0.3) is 0 Å². The SMILES string of the molecule is CC(=C1CN(C(=O)O)C1)C(C)(C)O. The minimum absolute atomic E-state index is 0.436. The van der Waals surface area contributed by atoms with Gasteiger partial charge in [-0.25, -0.2) is 4.79 Å². The summed E-state index contributed by atoms with van der Waals surface area (Å²) in [5.41, 5.74) is 1.07. The molecule has 1 saturated heterocycles. The summed E-state index contributed by atoms with van der Waals surface area (Å²) < 4.78 is 0. The number of hydrogen-bond donors (Lipinski definition) is 2. The zero-order valence-corrected chi connectivity index (χ0v) is 8.16. The maximum atomic E-state index is 10.4. The van der Waals surface area contributed by atoms with Gasteiger partial charge in [0.05, 0.1) is 5.60 Å². The number of amides is 1. The molecule has 2 N–H and O–H groups in total. The Bertz CT molecular complexity index is 255. The Morgan fingerprint density at radius 1 is 1.46 bits per heavy atom. The van der Waals surface area contributed by atoms with E-state index >= 15 is 0 Å². The first-order chi connectivity index (χ1) is 5.82. The van der Waals surface area contributed by atoms with Crippen molar-refractivity contribution in [1.82, 2.24) is 4.90 Å². The van der Waals surface area contributed by atoms with Crippen LogP contribution in [0, 0.1) is 0 Å². The molecule has 0 atom stereocenters. The molecule has 13 heavy (non-hydrogen) atoms. The van der Waals surface area contributed by atoms with Gasteiger partial charge in [0, 0.05) is 13.1 Å². The minimum atomic E-state index is -0.896. The number of nitrogens with zero attached hydrogens (tertiary/aromatic N) is 1. The van der Waals surface area contributed by atoms with Gasteiger partial charge < -0.3 is 15.1 Å². The molecule has 0 aliphatic carbocycles. The van der Waals surface area contributed by atoms with Crippen molar-refractivity contribution in [3.05, 3.63) is 11.1 Å². The fourth-order valence-electron chi connectivity index (χ4n) is 1.22. The summed E-state index contributed by atoms with van der Waals surface area (Å²) in [6.45, 7) is 6.13. The number of rotatable bonds is 1. The predicted molar refractivity (Wildman–Crippen MR) is 48.6 cm³/mol. The monoisotopic (exact) mass is 185 g/mol. The van der Waals surface area contributed by atoms with Crippen molar-refractivity contribution in [2.24, 2.45) is 0 Å². The number of hydrogen-bond acceptors (Lipinski definition) is 2. The van der Waals surface area contributed by atoms with E-state index in [1.807, 2.05) is 6.92 Å². The van der Waals surface area contributed by atoms with Crippen LogP contribution in [-0.4, -0.2) is 39.9 Å². The molecule has 1 heterocycles. The van der Waals surface area contributed by atoms with Crippen molar-refractivity contribution in [2.75, 3.05) is 13.1 Å². The third-order valence-electron chi connectivity index (χ3n) is 2.48. The summed E-state index contributed by atoms with van der Waals surface area (Å²) in [7, 11) is 0. The van der Waals surface area contributed by atoms with Gasteiger partial charge in [-0.1, -0.05) is 0 Å². The van der Waals surface area contributed by atoms with E-state index in [0.717, 1.165) is 11.1 Å². The van der Waals surface area contributed by atoms with Crippen molar-refractivity contribution in [2.45, 2.75) is 26.4 Å². The van der Waals surface area contributed by atoms with Gasteiger partial charge in [-0.05, 0) is 31.9 Å². The molecule has 4 nitrogen and oxygen atoms in total. The van der Waals surface area contributed by atoms with E-state index in [-0.39, 0.29) is 0 Å². The lowest BCUT2D eigenvalue weighted by molar-refractivity contribution is 0.109. The van der Waals surface area contributed by atoms with Crippen LogP contribution in [0.3, 0.4) is 0 Å². The van der Waals surface area contributed by atoms with Crippen LogP contribution in [0.2, 0.25) is 0 Å². The van der Waals surface area contributed by atoms with Crippen molar-refractivity contribution in [3.8, 4) is 0 Å². The van der Waals surface area contributed by atoms with Gasteiger partial charge in [0.15, 0.2) is 0 Å². The Morgan fingerprint density at radius 3 is 2.23 bits per heavy atom. The highest BCUT2D eigenvalue weighted by atomic mass is 16.4. The van der Waals surface area contributed by atoms with Crippen LogP contribution in [0.5, 0.6) is 0 Å². The van der Waals surface area contributed by atoms with Crippen LogP contribution >= 0.6 is 0 Å². The van der Waals surface area contributed by atoms with Crippen LogP contribution in [0.25, 0.3) is 0 Å². The average Bonchev–Trinajstić information content (AvgIpc) is 1.80. The first-order valence-corrected chi connectivity index (χ1v) is 4.21. The smallest absolute Gasteiger partial charge is 0.407 e. The Labute approximate surface area is 77.5 Å². The molecule has 1 amide bonds. The van der Waals surface area contributed by atoms with Gasteiger partial charge in [0.1, 0.15) is 0 Å². The number of likely N-dealkylation sites (tertiary alicyclic amines) is 1. The predicted octanol–water partition coefficient (Wildman–Crippen LogP) is 1.07. The topological polar surface area (TPSA) is 60.8 Å². The summed E-state index contributed by atoms with van der Waals surface area (Å²) in [6, 6.07) is 0. The fraction of sp³-hybridized carbons (Fsp3) is 0.667. The molecule has 0 aromatic heterocycles. The van der Waals surface area contributed by atoms with E-state index in [2.05, 4.69) is 0 Å². The summed E-state index contributed by atoms with van der Waals surface area (Å²) in [4.78, 5) is 11.8. The van der Waals surface area contributed by atoms with Crippen molar-refractivity contribution in [1.29, 1.82) is 0 Å². The minimum Gasteiger partial charge on any atom is -0.465 e. The molecule has 0 bridgehead atoms. The van der Waals surface area contributed by atoms with Gasteiger partial charge in [-0.15, -0.1) is 0 Å². The standard InChI is InChI=1S/C9H15NO3/c1-6(9(2,3)13)7-4-10(5-7)8(11)12/h13H,4-5H2,1-3H3,(H,11,12). The van der Waals surface area contributed by atoms with Crippen LogP contribution < -0.4 is 0 Å². The van der Waals surface area contributed by atoms with E-state index in [9.17, 15) is 9.90 Å². The Balaban J connectivity index is 2.64. The molecular formula is C9H15NO3. The largest absolute Gasteiger partial charge is 0.465 e. The molecule has 0 unspecified atom stereocenters. The second kappa shape index (κ2) is 3.03. The molecule has 1 rings (SSSR count). The first-order valence-electron chi connectivity index (χ1n) is 4.21. The Morgan fingerprint density at radius 2 is 1.92 bits per heavy atom. The van der Waals surface area contributed by atoms with Crippen LogP contribution in [0.15, 0.2) is 11.1 Å². The van der Waals surface area contributed by atoms with Crippen LogP contribution in [0.1, 0.15) is 20.8 Å². The number of carboxylic acid groups (broad SMARTS) is 1. The van der Waals surface area contributed by atoms with Gasteiger partial charge in [-0.3, -0.25) is 0 Å². The molecule has 1 aliphatic rings. The maximum absolute atomic E-state index is 10.4. The van der Waals surface area contributed by atoms with E-state index in [4.69, 9.17) is 5.11 Å². The van der Waals surface area contributed by atoms with E-state index < -0.39 is 11.7 Å². The molecular weight excluding hydrogens is 170 g/mol. The summed E-state index contributed by atoms with van der Waals surface area (Å²) in [6.07, 6.45) is -0.896. The van der Waals surface area contributed by atoms with Crippen molar-refractivity contribution in [3.63, 3.8) is 0 Å². The zero-order chi connectivity index (χ0) is 10.2. The van der Waals surface area contributed by atoms with Crippen molar-refractivity contribution >= 4 is 6.09 Å². The summed E-state index contributed by atoms with van der Waals surface area (Å²) in [5, 5.41) is 18.2. The molecule has 74 valence electrons. The van der Waals surface area contributed by atoms with Gasteiger partial charge >= 0.3 is 6.09 Å². The van der Waals surface area contributed by atoms with Crippen LogP contribution in [-0.2, 0) is 0 Å². The lowest BCUT2D eigenvalue weighted by Crippen LogP contribution is -2.45. The molecule has 0 aromatic rings. The third kappa shape index (κ3) is 2.01. The third-order valence-corrected chi connectivity index (χ3v) is 2.48. The van der Waals surface area contributed by atoms with E-state index in [1.54, 1.807) is 13.8 Å². The second-order valence-electron chi connectivity index (χ2n) is 3.93. The normalized spacial score (nSPS) is 16.9. The molecule has 0 radical (unpaired) electrons. The maximum Gasteiger partial charge on any atom is 0.407 e. The molecule has 0 saturated carbocycles. The van der Waals surface area contributed by atoms with Crippen molar-refractivity contribution < 1.29 is 15.0 Å². The molecule has 0 aromatic carbocycles. The average molecular weight is 185 g/mol. The Kier molecular flexibility index (Phi) is 2.34. The molecule has 0 spiro atoms. The molecule has 1 fully saturated rings. The Hall–Kier alpha value is -1.03. The summed E-state index contributed by atoms with van der Waals surface area (Å²) in [5.74, 6) is 0. The second-order valence-corrected chi connectivity index (χ2v) is 3.93. The fourth-order valence-corrected chi connectivity index (χ4v) is 1.22. The number of carbonyl (C=O) groups is 1. The first kappa shape index (κ1) is 10.1. The van der Waals surface area contributed by atoms with E-state index in [0.29, 0.717) is 13.1 Å². The quantitative estimate of drug-likeness (QED) is 0.601. The lowest BCUT2D eigenvalue weighted by Gasteiger charge is -2.35. The summed E-state index contributed by atoms with van der Waals surface area (Å²) >= 11 is 0. The molecule has 4 heteroatoms. The van der Waals surface area contributed by atoms with Gasteiger partial charge in [0.2, 0.25) is 0 Å². The highest BCUT2D eigenvalue weighted by Crippen LogP contribution is 2.25. The van der Waals surface area contributed by atoms with Crippen LogP contribution in [0.4, 0.5) is 4.79 Å². The van der Waals surface area contributed by atoms with Gasteiger partial charge in [-0.2, -0.15) is 0 Å². The highest BCUT2D eigenvalue weighted by Gasteiger charge is 2.30. The van der Waals surface area contributed by atoms with E-state index in [1.165, 1.54) is 4.90 Å². The lowest BCUT2D eigenvalue weighted by atomic mass is 9.91.